The monoisotopic (exact) mass is 339 g/mol. The standard InChI is InChI=1S/C16H25N3O3S/c1-5-22-15(21)14-12(4)17-16(23-14)18-13(20)9-19-10(2)7-6-8-11(19)3/h10-11H,5-9H2,1-4H3,(H,17,18,20). The van der Waals surface area contributed by atoms with Gasteiger partial charge in [0.05, 0.1) is 18.8 Å². The van der Waals surface area contributed by atoms with Gasteiger partial charge in [0, 0.05) is 12.1 Å². The fraction of sp³-hybridized carbons (Fsp3) is 0.688. The Morgan fingerprint density at radius 3 is 2.61 bits per heavy atom. The lowest BCUT2D eigenvalue weighted by molar-refractivity contribution is -0.118. The molecular formula is C16H25N3O3S. The molecule has 0 aliphatic carbocycles. The number of carbonyl (C=O) groups excluding carboxylic acids is 2. The number of aromatic nitrogens is 1. The van der Waals surface area contributed by atoms with Gasteiger partial charge in [0.2, 0.25) is 5.91 Å². The number of rotatable bonds is 5. The fourth-order valence-electron chi connectivity index (χ4n) is 2.95. The third-order valence-electron chi connectivity index (χ3n) is 4.21. The second-order valence-corrected chi connectivity index (χ2v) is 7.00. The molecule has 2 rings (SSSR count). The third kappa shape index (κ3) is 4.51. The highest BCUT2D eigenvalue weighted by molar-refractivity contribution is 7.17. The molecule has 1 aliphatic heterocycles. The van der Waals surface area contributed by atoms with Crippen LogP contribution in [0.4, 0.5) is 5.13 Å². The number of aryl methyl sites for hydroxylation is 1. The Balaban J connectivity index is 1.97. The van der Waals surface area contributed by atoms with Crippen LogP contribution in [0.15, 0.2) is 0 Å². The summed E-state index contributed by atoms with van der Waals surface area (Å²) in [6, 6.07) is 0.829. The maximum atomic E-state index is 12.3. The van der Waals surface area contributed by atoms with E-state index >= 15 is 0 Å². The van der Waals surface area contributed by atoms with Crippen LogP contribution in [0.3, 0.4) is 0 Å². The molecule has 2 heterocycles. The van der Waals surface area contributed by atoms with Crippen LogP contribution in [0.1, 0.15) is 55.4 Å². The number of carbonyl (C=O) groups is 2. The van der Waals surface area contributed by atoms with Gasteiger partial charge in [-0.25, -0.2) is 9.78 Å². The summed E-state index contributed by atoms with van der Waals surface area (Å²) in [4.78, 5) is 31.0. The van der Waals surface area contributed by atoms with E-state index in [9.17, 15) is 9.59 Å². The van der Waals surface area contributed by atoms with Gasteiger partial charge in [0.15, 0.2) is 5.13 Å². The molecular weight excluding hydrogens is 314 g/mol. The summed E-state index contributed by atoms with van der Waals surface area (Å²) in [6.07, 6.45) is 3.47. The van der Waals surface area contributed by atoms with E-state index in [1.54, 1.807) is 13.8 Å². The first kappa shape index (κ1) is 17.9. The molecule has 1 saturated heterocycles. The number of piperidine rings is 1. The fourth-order valence-corrected chi connectivity index (χ4v) is 3.82. The molecule has 7 heteroatoms. The Morgan fingerprint density at radius 2 is 2.00 bits per heavy atom. The van der Waals surface area contributed by atoms with Gasteiger partial charge in [-0.05, 0) is 40.5 Å². The van der Waals surface area contributed by atoms with Gasteiger partial charge in [-0.15, -0.1) is 0 Å². The van der Waals surface area contributed by atoms with Crippen LogP contribution in [0.25, 0.3) is 0 Å². The predicted molar refractivity (Wildman–Crippen MR) is 90.9 cm³/mol. The van der Waals surface area contributed by atoms with E-state index in [0.717, 1.165) is 24.2 Å². The van der Waals surface area contributed by atoms with Gasteiger partial charge in [-0.3, -0.25) is 9.69 Å². The topological polar surface area (TPSA) is 71.5 Å². The largest absolute Gasteiger partial charge is 0.462 e. The van der Waals surface area contributed by atoms with E-state index in [0.29, 0.717) is 40.9 Å². The number of hydrogen-bond donors (Lipinski definition) is 1. The second-order valence-electron chi connectivity index (χ2n) is 6.00. The highest BCUT2D eigenvalue weighted by atomic mass is 32.1. The Labute approximate surface area is 141 Å². The number of nitrogens with zero attached hydrogens (tertiary/aromatic N) is 2. The second kappa shape index (κ2) is 7.88. The predicted octanol–water partition coefficient (Wildman–Crippen LogP) is 2.83. The smallest absolute Gasteiger partial charge is 0.350 e. The molecule has 1 N–H and O–H groups in total. The van der Waals surface area contributed by atoms with Crippen LogP contribution in [0.2, 0.25) is 0 Å². The summed E-state index contributed by atoms with van der Waals surface area (Å²) in [5, 5.41) is 3.26. The number of hydrogen-bond acceptors (Lipinski definition) is 6. The zero-order valence-corrected chi connectivity index (χ0v) is 15.0. The average molecular weight is 339 g/mol. The summed E-state index contributed by atoms with van der Waals surface area (Å²) < 4.78 is 4.99. The van der Waals surface area contributed by atoms with Crippen molar-refractivity contribution in [1.29, 1.82) is 0 Å². The van der Waals surface area contributed by atoms with Crippen molar-refractivity contribution in [2.45, 2.75) is 59.0 Å². The van der Waals surface area contributed by atoms with Gasteiger partial charge < -0.3 is 10.1 Å². The molecule has 0 aromatic carbocycles. The lowest BCUT2D eigenvalue weighted by Crippen LogP contribution is -2.47. The van der Waals surface area contributed by atoms with E-state index in [1.807, 2.05) is 0 Å². The Bertz CT molecular complexity index is 563. The minimum Gasteiger partial charge on any atom is -0.462 e. The van der Waals surface area contributed by atoms with Crippen molar-refractivity contribution in [3.05, 3.63) is 10.6 Å². The maximum absolute atomic E-state index is 12.3. The molecule has 1 amide bonds. The van der Waals surface area contributed by atoms with Crippen LogP contribution in [0.5, 0.6) is 0 Å². The quantitative estimate of drug-likeness (QED) is 0.835. The number of amides is 1. The first-order valence-corrected chi connectivity index (χ1v) is 8.94. The van der Waals surface area contributed by atoms with Crippen molar-refractivity contribution >= 4 is 28.3 Å². The van der Waals surface area contributed by atoms with E-state index in [2.05, 4.69) is 29.0 Å². The SMILES string of the molecule is CCOC(=O)c1sc(NC(=O)CN2C(C)CCCC2C)nc1C. The first-order valence-electron chi connectivity index (χ1n) is 8.12. The Hall–Kier alpha value is -1.47. The summed E-state index contributed by atoms with van der Waals surface area (Å²) >= 11 is 1.16. The van der Waals surface area contributed by atoms with E-state index in [1.165, 1.54) is 6.42 Å². The summed E-state index contributed by atoms with van der Waals surface area (Å²) in [5.74, 6) is -0.476. The lowest BCUT2D eigenvalue weighted by atomic mass is 9.97. The summed E-state index contributed by atoms with van der Waals surface area (Å²) in [6.45, 7) is 8.51. The van der Waals surface area contributed by atoms with Gasteiger partial charge in [-0.2, -0.15) is 0 Å². The molecule has 6 nitrogen and oxygen atoms in total. The molecule has 0 spiro atoms. The van der Waals surface area contributed by atoms with Crippen molar-refractivity contribution in [1.82, 2.24) is 9.88 Å². The molecule has 0 saturated carbocycles. The number of esters is 1. The van der Waals surface area contributed by atoms with Crippen molar-refractivity contribution < 1.29 is 14.3 Å². The number of thiazole rings is 1. The summed E-state index contributed by atoms with van der Waals surface area (Å²) in [5.41, 5.74) is 0.587. The van der Waals surface area contributed by atoms with Crippen molar-refractivity contribution in [2.24, 2.45) is 0 Å². The molecule has 1 aromatic rings. The zero-order valence-electron chi connectivity index (χ0n) is 14.2. The highest BCUT2D eigenvalue weighted by Gasteiger charge is 2.27. The van der Waals surface area contributed by atoms with E-state index < -0.39 is 0 Å². The Kier molecular flexibility index (Phi) is 6.12. The van der Waals surface area contributed by atoms with Gasteiger partial charge in [-0.1, -0.05) is 17.8 Å². The first-order chi connectivity index (χ1) is 10.9. The summed E-state index contributed by atoms with van der Waals surface area (Å²) in [7, 11) is 0. The maximum Gasteiger partial charge on any atom is 0.350 e. The molecule has 1 aromatic heterocycles. The molecule has 1 aliphatic rings. The molecule has 23 heavy (non-hydrogen) atoms. The van der Waals surface area contributed by atoms with Crippen molar-refractivity contribution in [3.8, 4) is 0 Å². The van der Waals surface area contributed by atoms with Crippen LogP contribution in [-0.4, -0.2) is 47.0 Å². The molecule has 0 radical (unpaired) electrons. The zero-order chi connectivity index (χ0) is 17.0. The van der Waals surface area contributed by atoms with E-state index in [-0.39, 0.29) is 11.9 Å². The van der Waals surface area contributed by atoms with E-state index in [4.69, 9.17) is 4.74 Å². The highest BCUT2D eigenvalue weighted by Crippen LogP contribution is 2.25. The normalized spacial score (nSPS) is 21.9. The average Bonchev–Trinajstić information content (AvgIpc) is 2.84. The van der Waals surface area contributed by atoms with Crippen LogP contribution in [0, 0.1) is 6.92 Å². The number of ether oxygens (including phenoxy) is 1. The molecule has 2 unspecified atom stereocenters. The van der Waals surface area contributed by atoms with Crippen LogP contribution in [-0.2, 0) is 9.53 Å². The minimum absolute atomic E-state index is 0.0882. The minimum atomic E-state index is -0.388. The van der Waals surface area contributed by atoms with Crippen LogP contribution < -0.4 is 5.32 Å². The number of anilines is 1. The number of nitrogens with one attached hydrogen (secondary N) is 1. The number of likely N-dealkylation sites (tertiary alicyclic amines) is 1. The van der Waals surface area contributed by atoms with Crippen molar-refractivity contribution in [2.75, 3.05) is 18.5 Å². The van der Waals surface area contributed by atoms with Gasteiger partial charge >= 0.3 is 5.97 Å². The lowest BCUT2D eigenvalue weighted by Gasteiger charge is -2.38. The molecule has 0 bridgehead atoms. The Morgan fingerprint density at radius 1 is 1.35 bits per heavy atom. The molecule has 128 valence electrons. The third-order valence-corrected chi connectivity index (χ3v) is 5.26. The van der Waals surface area contributed by atoms with Gasteiger partial charge in [0.1, 0.15) is 4.88 Å². The van der Waals surface area contributed by atoms with Gasteiger partial charge in [0.25, 0.3) is 0 Å². The van der Waals surface area contributed by atoms with Crippen LogP contribution >= 0.6 is 11.3 Å². The van der Waals surface area contributed by atoms with Crippen molar-refractivity contribution in [3.63, 3.8) is 0 Å². The molecule has 2 atom stereocenters. The molecule has 1 fully saturated rings.